The summed E-state index contributed by atoms with van der Waals surface area (Å²) in [6, 6.07) is 16.8. The standard InChI is InChI=1S/C59H76N8O9Si/c1-8-64-48-17-15-41-30-45(48)46(52(64)44-14-10-22-60-50(44)38(4)73-7)31-57(5,6)36-76-56(72)59(77)19-11-23-67(62-59)54(70)47(29-39-12-9-13-40(41)28-39)61-53(69)51(37(2)3)66-25-21-58(55(66)71)20-24-63(35-58)49(68)18-16-42-32-74-27-26-65(42)43-33-75-34-43/h9-10,12-15,17,22,28,30,37-38,42-43,47,51,62H,8,11,19-21,23-27,29,31-36H2,1-7,77H3,(H,61,69)/t38-,42+,47?,51-,58+,59-/m0/s1. The lowest BCUT2D eigenvalue weighted by Gasteiger charge is -2.42. The number of esters is 1. The summed E-state index contributed by atoms with van der Waals surface area (Å²) in [5, 5.41) is 4.65. The highest BCUT2D eigenvalue weighted by Crippen LogP contribution is 2.44. The molecule has 6 aliphatic rings. The fraction of sp³-hybridized carbons (Fsp3) is 0.559. The first-order valence-corrected chi connectivity index (χ1v) is 28.7. The third kappa shape index (κ3) is 10.7. The van der Waals surface area contributed by atoms with Crippen LogP contribution in [-0.2, 0) is 62.3 Å². The van der Waals surface area contributed by atoms with Crippen LogP contribution in [0, 0.1) is 28.6 Å². The summed E-state index contributed by atoms with van der Waals surface area (Å²) in [4.78, 5) is 83.3. The zero-order valence-corrected chi connectivity index (χ0v) is 48.1. The number of methoxy groups -OCH3 is 1. The largest absolute Gasteiger partial charge is 0.464 e. The maximum atomic E-state index is 15.1. The van der Waals surface area contributed by atoms with Gasteiger partial charge in [0.05, 0.1) is 68.0 Å². The molecule has 4 aromatic rings. The van der Waals surface area contributed by atoms with Crippen LogP contribution in [0.2, 0.25) is 0 Å². The lowest BCUT2D eigenvalue weighted by atomic mass is 9.84. The van der Waals surface area contributed by atoms with E-state index < -0.39 is 40.0 Å². The second kappa shape index (κ2) is 22.1. The van der Waals surface area contributed by atoms with Crippen molar-refractivity contribution in [1.82, 2.24) is 40.0 Å². The predicted molar refractivity (Wildman–Crippen MR) is 295 cm³/mol. The number of fused-ring (bicyclic) bond motifs is 6. The molecule has 8 heterocycles. The highest BCUT2D eigenvalue weighted by Gasteiger charge is 2.54. The van der Waals surface area contributed by atoms with Crippen LogP contribution in [0.15, 0.2) is 60.8 Å². The lowest BCUT2D eigenvalue weighted by molar-refractivity contribution is -0.158. The Labute approximate surface area is 455 Å². The number of hydrazine groups is 1. The number of hydrogen-bond acceptors (Lipinski definition) is 12. The van der Waals surface area contributed by atoms with Crippen molar-refractivity contribution in [3.8, 4) is 34.2 Å². The summed E-state index contributed by atoms with van der Waals surface area (Å²) >= 11 is 0. The summed E-state index contributed by atoms with van der Waals surface area (Å²) < 4.78 is 25.6. The van der Waals surface area contributed by atoms with Crippen molar-refractivity contribution in [2.45, 2.75) is 122 Å². The van der Waals surface area contributed by atoms with E-state index in [1.54, 1.807) is 23.1 Å². The number of carbonyl (C=O) groups excluding carboxylic acids is 5. The van der Waals surface area contributed by atoms with Crippen molar-refractivity contribution in [3.05, 3.63) is 77.6 Å². The molecule has 1 unspecified atom stereocenters. The van der Waals surface area contributed by atoms with E-state index >= 15 is 9.59 Å². The zero-order chi connectivity index (χ0) is 54.4. The quantitative estimate of drug-likeness (QED) is 0.140. The van der Waals surface area contributed by atoms with E-state index in [0.717, 1.165) is 56.7 Å². The number of carbonyl (C=O) groups is 5. The molecule has 410 valence electrons. The van der Waals surface area contributed by atoms with Gasteiger partial charge in [-0.3, -0.25) is 38.9 Å². The van der Waals surface area contributed by atoms with Gasteiger partial charge in [0.25, 0.3) is 11.8 Å². The summed E-state index contributed by atoms with van der Waals surface area (Å²) in [5.41, 5.74) is 9.82. The maximum absolute atomic E-state index is 15.1. The van der Waals surface area contributed by atoms with Crippen LogP contribution in [-0.4, -0.2) is 171 Å². The van der Waals surface area contributed by atoms with Gasteiger partial charge < -0.3 is 38.6 Å². The number of rotatable bonds is 9. The maximum Gasteiger partial charge on any atom is 0.323 e. The number of hydrogen-bond donors (Lipinski definition) is 2. The summed E-state index contributed by atoms with van der Waals surface area (Å²) in [5.74, 6) is 4.03. The van der Waals surface area contributed by atoms with Gasteiger partial charge in [0.2, 0.25) is 11.8 Å². The van der Waals surface area contributed by atoms with Crippen molar-refractivity contribution in [2.75, 3.05) is 72.9 Å². The van der Waals surface area contributed by atoms with Gasteiger partial charge in [-0.1, -0.05) is 63.9 Å². The zero-order valence-electron chi connectivity index (χ0n) is 46.1. The van der Waals surface area contributed by atoms with Crippen molar-refractivity contribution in [3.63, 3.8) is 0 Å². The molecule has 2 N–H and O–H groups in total. The van der Waals surface area contributed by atoms with Gasteiger partial charge in [0.1, 0.15) is 17.2 Å². The van der Waals surface area contributed by atoms with Crippen molar-refractivity contribution in [1.29, 1.82) is 0 Å². The van der Waals surface area contributed by atoms with Crippen LogP contribution in [0.1, 0.15) is 90.2 Å². The van der Waals surface area contributed by atoms with Gasteiger partial charge in [-0.25, -0.2) is 5.43 Å². The third-order valence-electron chi connectivity index (χ3n) is 17.1. The number of benzene rings is 2. The van der Waals surface area contributed by atoms with Crippen LogP contribution >= 0.6 is 0 Å². The molecule has 4 amide bonds. The van der Waals surface area contributed by atoms with Gasteiger partial charge in [0, 0.05) is 91.1 Å². The van der Waals surface area contributed by atoms with Gasteiger partial charge in [0.15, 0.2) is 0 Å². The molecule has 6 atom stereocenters. The Morgan fingerprint density at radius 3 is 2.51 bits per heavy atom. The smallest absolute Gasteiger partial charge is 0.323 e. The molecule has 6 aliphatic heterocycles. The molecule has 2 aromatic carbocycles. The minimum Gasteiger partial charge on any atom is -0.464 e. The molecular formula is C59H76N8O9Si. The molecule has 0 radical (unpaired) electrons. The molecule has 2 aromatic heterocycles. The lowest BCUT2D eigenvalue weighted by Crippen LogP contribution is -2.67. The van der Waals surface area contributed by atoms with E-state index in [1.807, 2.05) is 39.0 Å². The van der Waals surface area contributed by atoms with Gasteiger partial charge in [-0.15, -0.1) is 0 Å². The molecule has 18 heteroatoms. The molecule has 17 nitrogen and oxygen atoms in total. The van der Waals surface area contributed by atoms with Crippen LogP contribution in [0.4, 0.5) is 0 Å². The molecular weight excluding hydrogens is 993 g/mol. The number of pyridine rings is 1. The normalized spacial score (nSPS) is 26.1. The minimum atomic E-state index is -1.10. The van der Waals surface area contributed by atoms with Crippen LogP contribution in [0.5, 0.6) is 0 Å². The highest BCUT2D eigenvalue weighted by molar-refractivity contribution is 6.27. The van der Waals surface area contributed by atoms with Crippen molar-refractivity contribution >= 4 is 50.7 Å². The first-order valence-electron chi connectivity index (χ1n) is 27.7. The predicted octanol–water partition coefficient (Wildman–Crippen LogP) is 4.02. The third-order valence-corrected chi connectivity index (χ3v) is 18.2. The van der Waals surface area contributed by atoms with Crippen molar-refractivity contribution in [2.24, 2.45) is 16.7 Å². The molecule has 10 rings (SSSR count). The second-order valence-electron chi connectivity index (χ2n) is 23.5. The number of likely N-dealkylation sites (tertiary alicyclic amines) is 2. The van der Waals surface area contributed by atoms with Crippen LogP contribution in [0.3, 0.4) is 0 Å². The van der Waals surface area contributed by atoms with Gasteiger partial charge in [-0.05, 0) is 104 Å². The SMILES string of the molecule is CCn1c(-c2cccnc2[C@H](C)OC)c2c3cc(ccc31)-c1cccc(c1)CC(NC(=O)[C@H](C(C)C)N1CC[C@@]3(CCN(C(=O)C#C[C@@H]4COCCN4C4COC4)C3)C1=O)C(=O)N1CCC[C@@]([SiH3])(N1)C(=O)OCC(C)(C)C2. The molecule has 0 aliphatic carbocycles. The Balaban J connectivity index is 0.950. The van der Waals surface area contributed by atoms with Gasteiger partial charge >= 0.3 is 5.97 Å². The van der Waals surface area contributed by atoms with E-state index in [9.17, 15) is 14.4 Å². The van der Waals surface area contributed by atoms with E-state index in [2.05, 4.69) is 89.2 Å². The molecule has 0 saturated carbocycles. The number of aromatic nitrogens is 2. The first kappa shape index (κ1) is 54.4. The summed E-state index contributed by atoms with van der Waals surface area (Å²) in [7, 11) is 2.04. The Bertz CT molecular complexity index is 3000. The molecule has 6 bridgehead atoms. The van der Waals surface area contributed by atoms with E-state index in [4.69, 9.17) is 23.9 Å². The molecule has 77 heavy (non-hydrogen) atoms. The average Bonchev–Trinajstić information content (AvgIpc) is 4.14. The number of nitrogens with zero attached hydrogens (tertiary/aromatic N) is 6. The topological polar surface area (TPSA) is 177 Å². The fourth-order valence-corrected chi connectivity index (χ4v) is 13.4. The number of ether oxygens (including phenoxy) is 4. The number of nitrogens with one attached hydrogen (secondary N) is 2. The number of cyclic esters (lactones) is 1. The minimum absolute atomic E-state index is 0.139. The number of amides is 4. The number of morpholine rings is 1. The number of aryl methyl sites for hydroxylation is 1. The van der Waals surface area contributed by atoms with Gasteiger partial charge in [-0.2, -0.15) is 0 Å². The van der Waals surface area contributed by atoms with Crippen LogP contribution in [0.25, 0.3) is 33.3 Å². The van der Waals surface area contributed by atoms with E-state index in [1.165, 1.54) is 5.01 Å². The van der Waals surface area contributed by atoms with Crippen LogP contribution < -0.4 is 10.7 Å². The average molecular weight is 1070 g/mol. The van der Waals surface area contributed by atoms with Crippen molar-refractivity contribution < 1.29 is 42.9 Å². The Kier molecular flexibility index (Phi) is 15.6. The molecule has 1 spiro atoms. The monoisotopic (exact) mass is 1070 g/mol. The van der Waals surface area contributed by atoms with E-state index in [-0.39, 0.29) is 61.4 Å². The summed E-state index contributed by atoms with van der Waals surface area (Å²) in [6.07, 6.45) is 4.29. The first-order chi connectivity index (χ1) is 36.9. The molecule has 5 saturated heterocycles. The molecule has 5 fully saturated rings. The highest BCUT2D eigenvalue weighted by atomic mass is 28.1. The fourth-order valence-electron chi connectivity index (χ4n) is 12.7. The Hall–Kier alpha value is -5.94. The Morgan fingerprint density at radius 1 is 0.961 bits per heavy atom. The summed E-state index contributed by atoms with van der Waals surface area (Å²) in [6.45, 7) is 17.4. The van der Waals surface area contributed by atoms with E-state index in [0.29, 0.717) is 95.0 Å². The Morgan fingerprint density at radius 2 is 1.75 bits per heavy atom. The second-order valence-corrected chi connectivity index (χ2v) is 25.2.